The van der Waals surface area contributed by atoms with Crippen LogP contribution in [0, 0.1) is 19.8 Å². The molecule has 2 atom stereocenters. The van der Waals surface area contributed by atoms with Crippen LogP contribution in [-0.2, 0) is 19.6 Å². The van der Waals surface area contributed by atoms with Gasteiger partial charge in [0, 0.05) is 18.8 Å². The van der Waals surface area contributed by atoms with Gasteiger partial charge in [-0.25, -0.2) is 8.42 Å². The summed E-state index contributed by atoms with van der Waals surface area (Å²) >= 11 is 0. The summed E-state index contributed by atoms with van der Waals surface area (Å²) in [5, 5.41) is 5.62. The molecule has 2 heterocycles. The molecular weight excluding hydrogens is 430 g/mol. The summed E-state index contributed by atoms with van der Waals surface area (Å²) in [5.74, 6) is -0.522. The molecule has 2 aromatic rings. The topological polar surface area (TPSA) is 105 Å². The standard InChI is InChI=1S/C23H27N3O5S/c1-14-6-8-19(15(2)11-14)24-23(28)17-5-4-10-26(13-17)32(29,30)18-7-9-21-20(12-18)25-22(27)16(3)31-21/h6-9,11-12,16-17H,4-5,10,13H2,1-3H3,(H,24,28)(H,25,27)/t16-,17+/m0/s1. The molecule has 0 radical (unpaired) electrons. The smallest absolute Gasteiger partial charge is 0.265 e. The van der Waals surface area contributed by atoms with Gasteiger partial charge in [-0.1, -0.05) is 17.7 Å². The summed E-state index contributed by atoms with van der Waals surface area (Å²) in [5.41, 5.74) is 3.14. The second kappa shape index (κ2) is 8.55. The van der Waals surface area contributed by atoms with Gasteiger partial charge in [0.05, 0.1) is 16.5 Å². The third-order valence-electron chi connectivity index (χ3n) is 5.91. The van der Waals surface area contributed by atoms with Gasteiger partial charge in [-0.15, -0.1) is 0 Å². The number of benzene rings is 2. The molecule has 0 aliphatic carbocycles. The van der Waals surface area contributed by atoms with Crippen LogP contribution in [0.3, 0.4) is 0 Å². The number of aryl methyl sites for hydroxylation is 2. The second-order valence-electron chi connectivity index (χ2n) is 8.42. The minimum absolute atomic E-state index is 0.0603. The molecule has 2 amide bonds. The maximum absolute atomic E-state index is 13.3. The van der Waals surface area contributed by atoms with Crippen LogP contribution in [0.5, 0.6) is 5.75 Å². The van der Waals surface area contributed by atoms with Gasteiger partial charge in [-0.2, -0.15) is 4.31 Å². The lowest BCUT2D eigenvalue weighted by Crippen LogP contribution is -2.43. The Hall–Kier alpha value is -2.91. The third-order valence-corrected chi connectivity index (χ3v) is 7.78. The summed E-state index contributed by atoms with van der Waals surface area (Å²) in [7, 11) is -3.83. The van der Waals surface area contributed by atoms with Gasteiger partial charge in [-0.3, -0.25) is 9.59 Å². The second-order valence-corrected chi connectivity index (χ2v) is 10.4. The van der Waals surface area contributed by atoms with Crippen molar-refractivity contribution in [2.75, 3.05) is 23.7 Å². The van der Waals surface area contributed by atoms with Crippen molar-refractivity contribution in [2.24, 2.45) is 5.92 Å². The largest absolute Gasteiger partial charge is 0.479 e. The Bertz CT molecular complexity index is 1180. The molecule has 32 heavy (non-hydrogen) atoms. The Morgan fingerprint density at radius 2 is 1.97 bits per heavy atom. The van der Waals surface area contributed by atoms with Crippen molar-refractivity contribution in [1.29, 1.82) is 0 Å². The van der Waals surface area contributed by atoms with Crippen molar-refractivity contribution in [3.63, 3.8) is 0 Å². The van der Waals surface area contributed by atoms with Crippen molar-refractivity contribution < 1.29 is 22.7 Å². The zero-order valence-corrected chi connectivity index (χ0v) is 19.2. The first-order valence-electron chi connectivity index (χ1n) is 10.6. The lowest BCUT2D eigenvalue weighted by Gasteiger charge is -2.31. The number of sulfonamides is 1. The molecule has 0 bridgehead atoms. The monoisotopic (exact) mass is 457 g/mol. The maximum Gasteiger partial charge on any atom is 0.265 e. The van der Waals surface area contributed by atoms with Gasteiger partial charge in [0.1, 0.15) is 5.75 Å². The minimum atomic E-state index is -3.83. The van der Waals surface area contributed by atoms with Crippen LogP contribution in [0.15, 0.2) is 41.3 Å². The van der Waals surface area contributed by atoms with E-state index < -0.39 is 22.0 Å². The highest BCUT2D eigenvalue weighted by atomic mass is 32.2. The maximum atomic E-state index is 13.3. The Balaban J connectivity index is 1.50. The van der Waals surface area contributed by atoms with E-state index in [-0.39, 0.29) is 23.3 Å². The highest BCUT2D eigenvalue weighted by Crippen LogP contribution is 2.34. The van der Waals surface area contributed by atoms with E-state index in [1.165, 1.54) is 16.4 Å². The fraction of sp³-hybridized carbons (Fsp3) is 0.391. The van der Waals surface area contributed by atoms with E-state index in [1.54, 1.807) is 13.0 Å². The Kier molecular flexibility index (Phi) is 5.96. The summed E-state index contributed by atoms with van der Waals surface area (Å²) < 4.78 is 33.4. The third kappa shape index (κ3) is 4.35. The molecule has 0 unspecified atom stereocenters. The van der Waals surface area contributed by atoms with Crippen molar-refractivity contribution >= 4 is 33.2 Å². The van der Waals surface area contributed by atoms with Crippen molar-refractivity contribution in [3.05, 3.63) is 47.5 Å². The summed E-state index contributed by atoms with van der Waals surface area (Å²) in [6.45, 7) is 5.99. The highest BCUT2D eigenvalue weighted by Gasteiger charge is 2.34. The highest BCUT2D eigenvalue weighted by molar-refractivity contribution is 7.89. The van der Waals surface area contributed by atoms with Gasteiger partial charge < -0.3 is 15.4 Å². The zero-order chi connectivity index (χ0) is 23.0. The van der Waals surface area contributed by atoms with Gasteiger partial charge in [0.2, 0.25) is 15.9 Å². The Morgan fingerprint density at radius 1 is 1.19 bits per heavy atom. The number of nitrogens with zero attached hydrogens (tertiary/aromatic N) is 1. The van der Waals surface area contributed by atoms with E-state index in [1.807, 2.05) is 32.0 Å². The minimum Gasteiger partial charge on any atom is -0.479 e. The number of hydrogen-bond donors (Lipinski definition) is 2. The first-order valence-corrected chi connectivity index (χ1v) is 12.1. The van der Waals surface area contributed by atoms with Crippen molar-refractivity contribution in [2.45, 2.75) is 44.6 Å². The summed E-state index contributed by atoms with van der Waals surface area (Å²) in [6.07, 6.45) is 0.574. The van der Waals surface area contributed by atoms with Gasteiger partial charge in [-0.05, 0) is 63.4 Å². The molecule has 2 aliphatic heterocycles. The SMILES string of the molecule is Cc1ccc(NC(=O)[C@@H]2CCCN(S(=O)(=O)c3ccc4c(c3)NC(=O)[C@H](C)O4)C2)c(C)c1. The molecule has 1 fully saturated rings. The molecule has 2 aromatic carbocycles. The number of hydrogen-bond acceptors (Lipinski definition) is 5. The molecule has 170 valence electrons. The molecule has 0 spiro atoms. The zero-order valence-electron chi connectivity index (χ0n) is 18.3. The number of amides is 2. The van der Waals surface area contributed by atoms with Crippen LogP contribution < -0.4 is 15.4 Å². The molecule has 2 N–H and O–H groups in total. The van der Waals surface area contributed by atoms with E-state index >= 15 is 0 Å². The average Bonchev–Trinajstić information content (AvgIpc) is 2.76. The number of anilines is 2. The van der Waals surface area contributed by atoms with Crippen molar-refractivity contribution in [3.8, 4) is 5.75 Å². The first-order chi connectivity index (χ1) is 15.1. The predicted molar refractivity (Wildman–Crippen MR) is 121 cm³/mol. The summed E-state index contributed by atoms with van der Waals surface area (Å²) in [6, 6.07) is 10.2. The van der Waals surface area contributed by atoms with Crippen LogP contribution in [0.2, 0.25) is 0 Å². The van der Waals surface area contributed by atoms with Crippen molar-refractivity contribution in [1.82, 2.24) is 4.31 Å². The fourth-order valence-electron chi connectivity index (χ4n) is 4.06. The lowest BCUT2D eigenvalue weighted by molar-refractivity contribution is -0.123. The molecule has 0 aromatic heterocycles. The molecule has 4 rings (SSSR count). The molecular formula is C23H27N3O5S. The number of ether oxygens (including phenoxy) is 1. The number of carbonyl (C=O) groups excluding carboxylic acids is 2. The first kappa shape index (κ1) is 22.3. The van der Waals surface area contributed by atoms with Crippen LogP contribution in [0.25, 0.3) is 0 Å². The van der Waals surface area contributed by atoms with E-state index in [0.29, 0.717) is 30.8 Å². The lowest BCUT2D eigenvalue weighted by atomic mass is 9.98. The average molecular weight is 458 g/mol. The molecule has 8 nitrogen and oxygen atoms in total. The van der Waals surface area contributed by atoms with E-state index in [2.05, 4.69) is 10.6 Å². The van der Waals surface area contributed by atoms with E-state index in [9.17, 15) is 18.0 Å². The number of fused-ring (bicyclic) bond motifs is 1. The number of rotatable bonds is 4. The number of nitrogens with one attached hydrogen (secondary N) is 2. The van der Waals surface area contributed by atoms with Crippen LogP contribution in [0.4, 0.5) is 11.4 Å². The van der Waals surface area contributed by atoms with Gasteiger partial charge in [0.25, 0.3) is 5.91 Å². The van der Waals surface area contributed by atoms with Crippen LogP contribution in [-0.4, -0.2) is 43.7 Å². The number of carbonyl (C=O) groups is 2. The predicted octanol–water partition coefficient (Wildman–Crippen LogP) is 3.06. The van der Waals surface area contributed by atoms with E-state index in [4.69, 9.17) is 4.74 Å². The van der Waals surface area contributed by atoms with Crippen LogP contribution >= 0.6 is 0 Å². The Labute approximate surface area is 188 Å². The molecule has 2 aliphatic rings. The molecule has 1 saturated heterocycles. The Morgan fingerprint density at radius 3 is 2.72 bits per heavy atom. The normalized spacial score (nSPS) is 21.3. The molecule has 0 saturated carbocycles. The fourth-order valence-corrected chi connectivity index (χ4v) is 5.61. The molecule has 9 heteroatoms. The summed E-state index contributed by atoms with van der Waals surface area (Å²) in [4.78, 5) is 24.8. The van der Waals surface area contributed by atoms with Gasteiger partial charge in [0.15, 0.2) is 6.10 Å². The quantitative estimate of drug-likeness (QED) is 0.734. The van der Waals surface area contributed by atoms with E-state index in [0.717, 1.165) is 16.8 Å². The number of piperidine rings is 1. The van der Waals surface area contributed by atoms with Gasteiger partial charge >= 0.3 is 0 Å². The van der Waals surface area contributed by atoms with Crippen LogP contribution in [0.1, 0.15) is 30.9 Å².